The molecular formula is C28H25F2N5O2. The zero-order chi connectivity index (χ0) is 25.4. The minimum absolute atomic E-state index is 0.0108. The van der Waals surface area contributed by atoms with E-state index in [1.807, 2.05) is 30.3 Å². The second kappa shape index (κ2) is 9.84. The Labute approximate surface area is 212 Å². The maximum atomic E-state index is 14.3. The molecule has 0 radical (unpaired) electrons. The summed E-state index contributed by atoms with van der Waals surface area (Å²) in [5, 5.41) is 16.7. The van der Waals surface area contributed by atoms with Crippen LogP contribution in [-0.4, -0.2) is 59.8 Å². The normalized spacial score (nSPS) is 19.9. The van der Waals surface area contributed by atoms with Crippen LogP contribution in [0.1, 0.15) is 12.1 Å². The molecule has 7 nitrogen and oxygen atoms in total. The van der Waals surface area contributed by atoms with E-state index >= 15 is 0 Å². The number of oxime groups is 1. The first-order valence-corrected chi connectivity index (χ1v) is 12.2. The lowest BCUT2D eigenvalue weighted by Gasteiger charge is -2.43. The molecular weight excluding hydrogens is 476 g/mol. The van der Waals surface area contributed by atoms with Crippen molar-refractivity contribution in [3.8, 4) is 22.3 Å². The van der Waals surface area contributed by atoms with E-state index in [1.54, 1.807) is 12.4 Å². The van der Waals surface area contributed by atoms with Crippen LogP contribution in [0.25, 0.3) is 33.2 Å². The molecule has 0 aliphatic carbocycles. The fourth-order valence-corrected chi connectivity index (χ4v) is 5.40. The number of hydrogen-bond acceptors (Lipinski definition) is 7. The van der Waals surface area contributed by atoms with Gasteiger partial charge in [0.15, 0.2) is 0 Å². The number of hydrogen-bond donors (Lipinski definition) is 2. The van der Waals surface area contributed by atoms with E-state index in [1.165, 1.54) is 18.3 Å². The van der Waals surface area contributed by atoms with Gasteiger partial charge in [0.25, 0.3) is 0 Å². The summed E-state index contributed by atoms with van der Waals surface area (Å²) in [4.78, 5) is 11.2. The van der Waals surface area contributed by atoms with Gasteiger partial charge < -0.3 is 20.2 Å². The third-order valence-electron chi connectivity index (χ3n) is 7.06. The fourth-order valence-electron chi connectivity index (χ4n) is 5.40. The Morgan fingerprint density at radius 1 is 1.05 bits per heavy atom. The molecule has 2 saturated heterocycles. The predicted molar refractivity (Wildman–Crippen MR) is 138 cm³/mol. The van der Waals surface area contributed by atoms with Crippen LogP contribution in [-0.2, 0) is 4.74 Å². The number of benzene rings is 2. The summed E-state index contributed by atoms with van der Waals surface area (Å²) in [6, 6.07) is 13.4. The Morgan fingerprint density at radius 3 is 2.76 bits per heavy atom. The van der Waals surface area contributed by atoms with Crippen LogP contribution in [0.5, 0.6) is 0 Å². The van der Waals surface area contributed by atoms with Gasteiger partial charge in [0.1, 0.15) is 11.6 Å². The van der Waals surface area contributed by atoms with Gasteiger partial charge in [-0.1, -0.05) is 17.3 Å². The van der Waals surface area contributed by atoms with E-state index in [4.69, 9.17) is 9.94 Å². The lowest BCUT2D eigenvalue weighted by molar-refractivity contribution is -0.00896. The first kappa shape index (κ1) is 23.4. The summed E-state index contributed by atoms with van der Waals surface area (Å²) >= 11 is 0. The van der Waals surface area contributed by atoms with Gasteiger partial charge in [0.2, 0.25) is 0 Å². The van der Waals surface area contributed by atoms with Crippen molar-refractivity contribution >= 4 is 22.8 Å². The molecule has 2 aliphatic heterocycles. The second-order valence-corrected chi connectivity index (χ2v) is 9.30. The largest absolute Gasteiger partial charge is 0.411 e. The maximum absolute atomic E-state index is 14.3. The minimum Gasteiger partial charge on any atom is -0.411 e. The standard InChI is InChI=1S/C28H25F2N5O2/c29-19-10-18(11-20(30)13-19)23-14-33-24-4-3-17(21-2-1-6-31-26(21)15-34-36)12-22(24)28(23)35-8-5-25-27(16-35)37-9-7-32-25/h1-4,6,10-15,25,27,32,36H,5,7-9,16H2/b34-15+/t25?,27-/m1/s1. The Kier molecular flexibility index (Phi) is 6.23. The number of pyridine rings is 2. The average molecular weight is 502 g/mol. The number of ether oxygens (including phenoxy) is 1. The highest BCUT2D eigenvalue weighted by atomic mass is 19.1. The van der Waals surface area contributed by atoms with Crippen molar-refractivity contribution in [3.05, 3.63) is 78.3 Å². The van der Waals surface area contributed by atoms with Crippen molar-refractivity contribution in [2.24, 2.45) is 5.16 Å². The summed E-state index contributed by atoms with van der Waals surface area (Å²) < 4.78 is 34.6. The zero-order valence-corrected chi connectivity index (χ0v) is 19.9. The molecule has 1 unspecified atom stereocenters. The molecule has 2 aromatic carbocycles. The van der Waals surface area contributed by atoms with Gasteiger partial charge >= 0.3 is 0 Å². The monoisotopic (exact) mass is 501 g/mol. The molecule has 4 heterocycles. The van der Waals surface area contributed by atoms with Gasteiger partial charge in [-0.05, 0) is 47.9 Å². The molecule has 188 valence electrons. The Hall–Kier alpha value is -3.95. The van der Waals surface area contributed by atoms with Crippen LogP contribution >= 0.6 is 0 Å². The highest BCUT2D eigenvalue weighted by Gasteiger charge is 2.33. The topological polar surface area (TPSA) is 82.9 Å². The van der Waals surface area contributed by atoms with Crippen LogP contribution in [0.4, 0.5) is 14.5 Å². The summed E-state index contributed by atoms with van der Waals surface area (Å²) in [5.41, 5.74) is 4.83. The van der Waals surface area contributed by atoms with Gasteiger partial charge in [0.05, 0.1) is 35.8 Å². The van der Waals surface area contributed by atoms with Crippen LogP contribution in [0, 0.1) is 11.6 Å². The second-order valence-electron chi connectivity index (χ2n) is 9.30. The number of aromatic nitrogens is 2. The minimum atomic E-state index is -0.642. The molecule has 0 bridgehead atoms. The molecule has 2 aromatic heterocycles. The zero-order valence-electron chi connectivity index (χ0n) is 19.9. The number of piperidine rings is 1. The van der Waals surface area contributed by atoms with E-state index in [2.05, 4.69) is 25.3 Å². The number of morpholine rings is 1. The van der Waals surface area contributed by atoms with Crippen LogP contribution in [0.3, 0.4) is 0 Å². The molecule has 0 saturated carbocycles. The van der Waals surface area contributed by atoms with Crippen molar-refractivity contribution in [3.63, 3.8) is 0 Å². The number of halogens is 2. The molecule has 2 atom stereocenters. The summed E-state index contributed by atoms with van der Waals surface area (Å²) in [5.74, 6) is -1.28. The lowest BCUT2D eigenvalue weighted by Crippen LogP contribution is -2.57. The first-order valence-electron chi connectivity index (χ1n) is 12.2. The molecule has 0 amide bonds. The van der Waals surface area contributed by atoms with E-state index < -0.39 is 11.6 Å². The predicted octanol–water partition coefficient (Wildman–Crippen LogP) is 4.62. The van der Waals surface area contributed by atoms with Crippen molar-refractivity contribution in [2.45, 2.75) is 18.6 Å². The first-order chi connectivity index (χ1) is 18.1. The van der Waals surface area contributed by atoms with E-state index in [0.29, 0.717) is 30.0 Å². The van der Waals surface area contributed by atoms with Crippen LogP contribution < -0.4 is 10.2 Å². The molecule has 2 fully saturated rings. The maximum Gasteiger partial charge on any atom is 0.126 e. The lowest BCUT2D eigenvalue weighted by atomic mass is 9.94. The number of rotatable bonds is 4. The molecule has 2 N–H and O–H groups in total. The Morgan fingerprint density at radius 2 is 1.92 bits per heavy atom. The Balaban J connectivity index is 1.55. The highest BCUT2D eigenvalue weighted by Crippen LogP contribution is 2.40. The molecule has 4 aromatic rings. The Bertz CT molecular complexity index is 1470. The molecule has 37 heavy (non-hydrogen) atoms. The van der Waals surface area contributed by atoms with Crippen molar-refractivity contribution < 1.29 is 18.7 Å². The highest BCUT2D eigenvalue weighted by molar-refractivity contribution is 6.02. The van der Waals surface area contributed by atoms with Crippen molar-refractivity contribution in [2.75, 3.05) is 31.1 Å². The number of anilines is 1. The van der Waals surface area contributed by atoms with Crippen molar-refractivity contribution in [1.82, 2.24) is 15.3 Å². The van der Waals surface area contributed by atoms with Gasteiger partial charge in [-0.3, -0.25) is 9.97 Å². The van der Waals surface area contributed by atoms with E-state index in [9.17, 15) is 8.78 Å². The van der Waals surface area contributed by atoms with E-state index in [0.717, 1.165) is 53.3 Å². The SMILES string of the molecule is O/N=C/c1ncccc1-c1ccc2ncc(-c3cc(F)cc(F)c3)c(N3CCC4NCCO[C@@H]4C3)c2c1. The summed E-state index contributed by atoms with van der Waals surface area (Å²) in [6.45, 7) is 2.87. The third kappa shape index (κ3) is 4.52. The van der Waals surface area contributed by atoms with Gasteiger partial charge in [-0.2, -0.15) is 0 Å². The average Bonchev–Trinajstić information content (AvgIpc) is 2.92. The van der Waals surface area contributed by atoms with Crippen LogP contribution in [0.2, 0.25) is 0 Å². The molecule has 6 rings (SSSR count). The van der Waals surface area contributed by atoms with E-state index in [-0.39, 0.29) is 12.1 Å². The number of nitrogens with zero attached hydrogens (tertiary/aromatic N) is 4. The van der Waals surface area contributed by atoms with Gasteiger partial charge in [-0.25, -0.2) is 8.78 Å². The molecule has 0 spiro atoms. The van der Waals surface area contributed by atoms with Gasteiger partial charge in [-0.15, -0.1) is 0 Å². The molecule has 2 aliphatic rings. The van der Waals surface area contributed by atoms with Crippen molar-refractivity contribution in [1.29, 1.82) is 0 Å². The summed E-state index contributed by atoms with van der Waals surface area (Å²) in [6.07, 6.45) is 5.50. The molecule has 9 heteroatoms. The van der Waals surface area contributed by atoms with Crippen LogP contribution in [0.15, 0.2) is 66.1 Å². The quantitative estimate of drug-likeness (QED) is 0.241. The fraction of sp³-hybridized carbons (Fsp3) is 0.250. The summed E-state index contributed by atoms with van der Waals surface area (Å²) in [7, 11) is 0. The third-order valence-corrected chi connectivity index (χ3v) is 7.06. The smallest absolute Gasteiger partial charge is 0.126 e. The number of fused-ring (bicyclic) bond motifs is 2. The number of nitrogens with one attached hydrogen (secondary N) is 1. The van der Waals surface area contributed by atoms with Gasteiger partial charge in [0, 0.05) is 60.6 Å².